The van der Waals surface area contributed by atoms with Crippen LogP contribution in [-0.2, 0) is 0 Å². The molecule has 5 aromatic rings. The van der Waals surface area contributed by atoms with Crippen LogP contribution in [0.1, 0.15) is 0 Å². The largest absolute Gasteiger partial charge is 0.504 e. The van der Waals surface area contributed by atoms with E-state index in [0.717, 1.165) is 5.39 Å². The molecule has 2 aromatic carbocycles. The van der Waals surface area contributed by atoms with Gasteiger partial charge in [-0.1, -0.05) is 24.3 Å². The highest BCUT2D eigenvalue weighted by Gasteiger charge is 2.17. The minimum atomic E-state index is -0.551. The van der Waals surface area contributed by atoms with E-state index < -0.39 is 5.63 Å². The summed E-state index contributed by atoms with van der Waals surface area (Å²) in [6, 6.07) is 15.2. The number of H-pyrrole nitrogens is 1. The van der Waals surface area contributed by atoms with Crippen LogP contribution >= 0.6 is 0 Å². The predicted octanol–water partition coefficient (Wildman–Crippen LogP) is 3.47. The minimum Gasteiger partial charge on any atom is -0.504 e. The second-order valence-corrected chi connectivity index (χ2v) is 6.86. The van der Waals surface area contributed by atoms with E-state index in [4.69, 9.17) is 9.15 Å². The molecule has 0 fully saturated rings. The van der Waals surface area contributed by atoms with E-state index in [2.05, 4.69) is 15.0 Å². The zero-order valence-electron chi connectivity index (χ0n) is 16.2. The van der Waals surface area contributed by atoms with Crippen LogP contribution in [0.2, 0.25) is 0 Å². The van der Waals surface area contributed by atoms with Gasteiger partial charge in [0.25, 0.3) is 5.56 Å². The van der Waals surface area contributed by atoms with Gasteiger partial charge >= 0.3 is 5.63 Å². The van der Waals surface area contributed by atoms with Gasteiger partial charge < -0.3 is 19.2 Å². The van der Waals surface area contributed by atoms with Crippen LogP contribution in [0.4, 0.5) is 0 Å². The molecule has 0 amide bonds. The average molecular weight is 413 g/mol. The van der Waals surface area contributed by atoms with Crippen molar-refractivity contribution in [3.05, 3.63) is 81.7 Å². The van der Waals surface area contributed by atoms with E-state index >= 15 is 0 Å². The zero-order chi connectivity index (χ0) is 21.5. The number of fused-ring (bicyclic) bond motifs is 2. The topological polar surface area (TPSA) is 118 Å². The van der Waals surface area contributed by atoms with Crippen LogP contribution in [-0.4, -0.2) is 27.2 Å². The third kappa shape index (κ3) is 3.10. The lowest BCUT2D eigenvalue weighted by molar-refractivity contribution is 0.373. The standard InChI is InChI=1S/C23H15N3O5/c1-30-19-9-12(6-7-17(19)27)14-10-16(26-21-20(14)22(28)25-11-24-21)15-8-13-4-2-3-5-18(13)31-23(15)29/h2-11,27H,1H3,(H,24,25,26,28). The lowest BCUT2D eigenvalue weighted by atomic mass is 10.00. The molecular formula is C23H15N3O5. The molecule has 152 valence electrons. The molecule has 0 spiro atoms. The maximum absolute atomic E-state index is 12.7. The Labute approximate surface area is 174 Å². The first kappa shape index (κ1) is 18.6. The van der Waals surface area contributed by atoms with Gasteiger partial charge in [0.15, 0.2) is 17.1 Å². The summed E-state index contributed by atoms with van der Waals surface area (Å²) in [5, 5.41) is 10.9. The van der Waals surface area contributed by atoms with E-state index in [-0.39, 0.29) is 33.7 Å². The van der Waals surface area contributed by atoms with Gasteiger partial charge in [0.2, 0.25) is 0 Å². The summed E-state index contributed by atoms with van der Waals surface area (Å²) in [4.78, 5) is 36.5. The smallest absolute Gasteiger partial charge is 0.345 e. The van der Waals surface area contributed by atoms with Crippen molar-refractivity contribution in [2.75, 3.05) is 7.11 Å². The number of para-hydroxylation sites is 1. The van der Waals surface area contributed by atoms with Gasteiger partial charge in [-0.3, -0.25) is 4.79 Å². The molecule has 0 saturated heterocycles. The van der Waals surface area contributed by atoms with Crippen molar-refractivity contribution in [3.8, 4) is 33.9 Å². The number of phenolic OH excluding ortho intramolecular Hbond substituents is 1. The number of aromatic nitrogens is 3. The molecule has 0 radical (unpaired) electrons. The van der Waals surface area contributed by atoms with Crippen LogP contribution in [0.15, 0.2) is 74.9 Å². The number of benzene rings is 2. The number of aromatic hydroxyl groups is 1. The molecule has 8 nitrogen and oxygen atoms in total. The third-order valence-corrected chi connectivity index (χ3v) is 5.02. The zero-order valence-corrected chi connectivity index (χ0v) is 16.2. The monoisotopic (exact) mass is 413 g/mol. The molecule has 8 heteroatoms. The fourth-order valence-corrected chi connectivity index (χ4v) is 3.52. The van der Waals surface area contributed by atoms with Crippen molar-refractivity contribution in [1.82, 2.24) is 15.0 Å². The summed E-state index contributed by atoms with van der Waals surface area (Å²) in [6.45, 7) is 0. The van der Waals surface area contributed by atoms with Crippen LogP contribution in [0.25, 0.3) is 44.4 Å². The highest BCUT2D eigenvalue weighted by Crippen LogP contribution is 2.35. The Bertz CT molecular complexity index is 1590. The van der Waals surface area contributed by atoms with Crippen molar-refractivity contribution in [3.63, 3.8) is 0 Å². The fourth-order valence-electron chi connectivity index (χ4n) is 3.52. The number of aromatic amines is 1. The molecule has 0 saturated carbocycles. The number of methoxy groups -OCH3 is 1. The molecule has 0 aliphatic rings. The summed E-state index contributed by atoms with van der Waals surface area (Å²) in [6.07, 6.45) is 1.26. The van der Waals surface area contributed by atoms with Gasteiger partial charge in [0.1, 0.15) is 5.58 Å². The van der Waals surface area contributed by atoms with Crippen LogP contribution in [0, 0.1) is 0 Å². The quantitative estimate of drug-likeness (QED) is 0.435. The summed E-state index contributed by atoms with van der Waals surface area (Å²) < 4.78 is 10.6. The first-order valence-corrected chi connectivity index (χ1v) is 9.34. The first-order chi connectivity index (χ1) is 15.0. The number of nitrogens with one attached hydrogen (secondary N) is 1. The second-order valence-electron chi connectivity index (χ2n) is 6.86. The van der Waals surface area contributed by atoms with Gasteiger partial charge in [-0.05, 0) is 35.9 Å². The Hall–Kier alpha value is -4.46. The molecule has 5 rings (SSSR count). The highest BCUT2D eigenvalue weighted by atomic mass is 16.5. The first-order valence-electron chi connectivity index (χ1n) is 9.34. The molecule has 0 aliphatic heterocycles. The van der Waals surface area contributed by atoms with Crippen LogP contribution < -0.4 is 15.9 Å². The predicted molar refractivity (Wildman–Crippen MR) is 115 cm³/mol. The Morgan fingerprint density at radius 2 is 1.87 bits per heavy atom. The van der Waals surface area contributed by atoms with Crippen molar-refractivity contribution < 1.29 is 14.3 Å². The van der Waals surface area contributed by atoms with Gasteiger partial charge in [-0.25, -0.2) is 14.8 Å². The van der Waals surface area contributed by atoms with Gasteiger partial charge in [-0.15, -0.1) is 0 Å². The third-order valence-electron chi connectivity index (χ3n) is 5.02. The number of pyridine rings is 1. The van der Waals surface area contributed by atoms with E-state index in [0.29, 0.717) is 22.4 Å². The number of phenols is 1. The fraction of sp³-hybridized carbons (Fsp3) is 0.0435. The molecule has 0 bridgehead atoms. The molecule has 31 heavy (non-hydrogen) atoms. The molecule has 3 heterocycles. The summed E-state index contributed by atoms with van der Waals surface area (Å²) in [5.74, 6) is 0.210. The molecular weight excluding hydrogens is 398 g/mol. The number of ether oxygens (including phenoxy) is 1. The maximum Gasteiger partial charge on any atom is 0.345 e. The van der Waals surface area contributed by atoms with E-state index in [1.165, 1.54) is 19.5 Å². The lowest BCUT2D eigenvalue weighted by Gasteiger charge is -2.11. The molecule has 3 aromatic heterocycles. The highest BCUT2D eigenvalue weighted by molar-refractivity contribution is 5.95. The number of rotatable bonds is 3. The van der Waals surface area contributed by atoms with Gasteiger partial charge in [0.05, 0.1) is 30.1 Å². The van der Waals surface area contributed by atoms with Crippen LogP contribution in [0.3, 0.4) is 0 Å². The average Bonchev–Trinajstić information content (AvgIpc) is 2.78. The Kier molecular flexibility index (Phi) is 4.25. The minimum absolute atomic E-state index is 0.0351. The van der Waals surface area contributed by atoms with Crippen molar-refractivity contribution in [2.45, 2.75) is 0 Å². The molecule has 0 unspecified atom stereocenters. The summed E-state index contributed by atoms with van der Waals surface area (Å²) in [7, 11) is 1.43. The Morgan fingerprint density at radius 3 is 2.71 bits per heavy atom. The SMILES string of the molecule is COc1cc(-c2cc(-c3cc4ccccc4oc3=O)nc3nc[nH]c(=O)c23)ccc1O. The summed E-state index contributed by atoms with van der Waals surface area (Å²) >= 11 is 0. The second kappa shape index (κ2) is 7.10. The Balaban J connectivity index is 1.84. The number of hydrogen-bond donors (Lipinski definition) is 2. The summed E-state index contributed by atoms with van der Waals surface area (Å²) in [5.41, 5.74) is 1.35. The lowest BCUT2D eigenvalue weighted by Crippen LogP contribution is -2.11. The van der Waals surface area contributed by atoms with E-state index in [9.17, 15) is 14.7 Å². The number of hydrogen-bond acceptors (Lipinski definition) is 7. The van der Waals surface area contributed by atoms with Gasteiger partial charge in [0, 0.05) is 10.9 Å². The van der Waals surface area contributed by atoms with E-state index in [1.807, 2.05) is 12.1 Å². The molecule has 0 aliphatic carbocycles. The van der Waals surface area contributed by atoms with Crippen LogP contribution in [0.5, 0.6) is 11.5 Å². The maximum atomic E-state index is 12.7. The van der Waals surface area contributed by atoms with Crippen molar-refractivity contribution in [2.24, 2.45) is 0 Å². The normalized spacial score (nSPS) is 11.1. The molecule has 2 N–H and O–H groups in total. The molecule has 0 atom stereocenters. The van der Waals surface area contributed by atoms with Gasteiger partial charge in [-0.2, -0.15) is 0 Å². The van der Waals surface area contributed by atoms with E-state index in [1.54, 1.807) is 36.4 Å². The Morgan fingerprint density at radius 1 is 1.03 bits per heavy atom. The number of nitrogens with zero attached hydrogens (tertiary/aromatic N) is 2. The van der Waals surface area contributed by atoms with Crippen molar-refractivity contribution in [1.29, 1.82) is 0 Å². The van der Waals surface area contributed by atoms with Crippen molar-refractivity contribution >= 4 is 22.0 Å².